The molecule has 0 radical (unpaired) electrons. The van der Waals surface area contributed by atoms with Gasteiger partial charge in [0.25, 0.3) is 0 Å². The monoisotopic (exact) mass is 279 g/mol. The molecule has 0 aromatic heterocycles. The molecule has 1 aromatic rings. The quantitative estimate of drug-likeness (QED) is 0.829. The summed E-state index contributed by atoms with van der Waals surface area (Å²) in [5.41, 5.74) is 10.9. The van der Waals surface area contributed by atoms with Gasteiger partial charge in [-0.15, -0.1) is 0 Å². The molecule has 1 heterocycles. The van der Waals surface area contributed by atoms with Crippen LogP contribution in [0.3, 0.4) is 0 Å². The highest BCUT2D eigenvalue weighted by Gasteiger charge is 2.31. The second kappa shape index (κ2) is 5.10. The molecule has 0 saturated heterocycles. The Balaban J connectivity index is 2.11. The number of anilines is 1. The number of fused-ring (bicyclic) bond motifs is 1. The zero-order valence-corrected chi connectivity index (χ0v) is 11.8. The molecule has 1 aromatic carbocycles. The standard InChI is InChI=1S/C17H17N3O/c1-10-12-4-2-3-5-13(17(19)21)16(12)20-15-7-6-11(9-18)8-14(10)15/h6-8,13,20H,1-5H2,(H2,19,21). The lowest BCUT2D eigenvalue weighted by Gasteiger charge is -2.29. The fourth-order valence-corrected chi connectivity index (χ4v) is 3.18. The van der Waals surface area contributed by atoms with E-state index in [0.717, 1.165) is 53.8 Å². The highest BCUT2D eigenvalue weighted by atomic mass is 16.1. The third kappa shape index (κ3) is 2.21. The highest BCUT2D eigenvalue weighted by Crippen LogP contribution is 2.42. The number of hydrogen-bond acceptors (Lipinski definition) is 3. The Bertz CT molecular complexity index is 709. The summed E-state index contributed by atoms with van der Waals surface area (Å²) in [4.78, 5) is 11.8. The molecule has 1 amide bonds. The number of amides is 1. The summed E-state index contributed by atoms with van der Waals surface area (Å²) < 4.78 is 0. The third-order valence-electron chi connectivity index (χ3n) is 4.29. The van der Waals surface area contributed by atoms with Crippen molar-refractivity contribution in [2.45, 2.75) is 25.7 Å². The van der Waals surface area contributed by atoms with Gasteiger partial charge in [0.15, 0.2) is 0 Å². The van der Waals surface area contributed by atoms with Gasteiger partial charge in [-0.3, -0.25) is 4.79 Å². The summed E-state index contributed by atoms with van der Waals surface area (Å²) in [7, 11) is 0. The van der Waals surface area contributed by atoms with Crippen molar-refractivity contribution in [3.05, 3.63) is 47.2 Å². The van der Waals surface area contributed by atoms with Gasteiger partial charge in [-0.25, -0.2) is 0 Å². The van der Waals surface area contributed by atoms with Crippen LogP contribution in [0.25, 0.3) is 5.57 Å². The van der Waals surface area contributed by atoms with Crippen molar-refractivity contribution in [1.82, 2.24) is 0 Å². The number of nitrogens with two attached hydrogens (primary N) is 1. The van der Waals surface area contributed by atoms with E-state index in [-0.39, 0.29) is 11.8 Å². The zero-order chi connectivity index (χ0) is 15.0. The molecule has 0 saturated carbocycles. The van der Waals surface area contributed by atoms with Crippen LogP contribution in [0.1, 0.15) is 36.8 Å². The lowest BCUT2D eigenvalue weighted by molar-refractivity contribution is -0.120. The maximum absolute atomic E-state index is 11.8. The fraction of sp³-hybridized carbons (Fsp3) is 0.294. The molecule has 3 N–H and O–H groups in total. The van der Waals surface area contributed by atoms with Crippen LogP contribution < -0.4 is 11.1 Å². The minimum atomic E-state index is -0.290. The van der Waals surface area contributed by atoms with E-state index in [1.54, 1.807) is 6.07 Å². The van der Waals surface area contributed by atoms with Crippen molar-refractivity contribution in [3.8, 4) is 6.07 Å². The van der Waals surface area contributed by atoms with Gasteiger partial charge in [-0.2, -0.15) is 5.26 Å². The van der Waals surface area contributed by atoms with Gasteiger partial charge >= 0.3 is 0 Å². The molecular formula is C17H17N3O. The van der Waals surface area contributed by atoms with Crippen LogP contribution >= 0.6 is 0 Å². The van der Waals surface area contributed by atoms with Crippen LogP contribution in [0, 0.1) is 17.2 Å². The van der Waals surface area contributed by atoms with Crippen molar-refractivity contribution in [2.75, 3.05) is 5.32 Å². The molecule has 2 aliphatic rings. The van der Waals surface area contributed by atoms with Crippen LogP contribution in [0.2, 0.25) is 0 Å². The summed E-state index contributed by atoms with van der Waals surface area (Å²) in [5, 5.41) is 12.4. The van der Waals surface area contributed by atoms with Gasteiger partial charge in [0.05, 0.1) is 17.6 Å². The van der Waals surface area contributed by atoms with Crippen molar-refractivity contribution >= 4 is 17.2 Å². The summed E-state index contributed by atoms with van der Waals surface area (Å²) in [6.45, 7) is 4.19. The number of carbonyl (C=O) groups is 1. The Hall–Kier alpha value is -2.54. The normalized spacial score (nSPS) is 20.7. The molecular weight excluding hydrogens is 262 g/mol. The maximum atomic E-state index is 11.8. The Morgan fingerprint density at radius 1 is 1.43 bits per heavy atom. The Morgan fingerprint density at radius 2 is 2.24 bits per heavy atom. The molecule has 0 spiro atoms. The number of hydrogen-bond donors (Lipinski definition) is 2. The number of carbonyl (C=O) groups excluding carboxylic acids is 1. The Labute approximate surface area is 123 Å². The van der Waals surface area contributed by atoms with Crippen molar-refractivity contribution in [2.24, 2.45) is 11.7 Å². The molecule has 21 heavy (non-hydrogen) atoms. The number of benzene rings is 1. The average molecular weight is 279 g/mol. The smallest absolute Gasteiger partial charge is 0.226 e. The zero-order valence-electron chi connectivity index (χ0n) is 11.8. The number of rotatable bonds is 1. The molecule has 1 unspecified atom stereocenters. The molecule has 0 bridgehead atoms. The summed E-state index contributed by atoms with van der Waals surface area (Å²) >= 11 is 0. The van der Waals surface area contributed by atoms with Crippen molar-refractivity contribution < 1.29 is 4.79 Å². The number of nitrogens with one attached hydrogen (secondary N) is 1. The third-order valence-corrected chi connectivity index (χ3v) is 4.29. The van der Waals surface area contributed by atoms with Crippen molar-refractivity contribution in [1.29, 1.82) is 5.26 Å². The van der Waals surface area contributed by atoms with Crippen LogP contribution in [-0.2, 0) is 4.79 Å². The van der Waals surface area contributed by atoms with Gasteiger partial charge in [-0.05, 0) is 48.6 Å². The number of primary amides is 1. The van der Waals surface area contributed by atoms with E-state index >= 15 is 0 Å². The molecule has 1 aliphatic heterocycles. The van der Waals surface area contributed by atoms with Crippen LogP contribution in [0.15, 0.2) is 36.0 Å². The van der Waals surface area contributed by atoms with Crippen molar-refractivity contribution in [3.63, 3.8) is 0 Å². The predicted octanol–water partition coefficient (Wildman–Crippen LogP) is 2.93. The molecule has 3 rings (SSSR count). The molecule has 106 valence electrons. The van der Waals surface area contributed by atoms with Crippen LogP contribution in [0.4, 0.5) is 5.69 Å². The van der Waals surface area contributed by atoms with E-state index in [0.29, 0.717) is 5.56 Å². The van der Waals surface area contributed by atoms with Gasteiger partial charge < -0.3 is 11.1 Å². The molecule has 1 aliphatic carbocycles. The lowest BCUT2D eigenvalue weighted by atomic mass is 9.86. The predicted molar refractivity (Wildman–Crippen MR) is 82.0 cm³/mol. The minimum Gasteiger partial charge on any atom is -0.369 e. The maximum Gasteiger partial charge on any atom is 0.226 e. The van der Waals surface area contributed by atoms with E-state index in [9.17, 15) is 4.79 Å². The lowest BCUT2D eigenvalue weighted by Crippen LogP contribution is -2.29. The van der Waals surface area contributed by atoms with Gasteiger partial charge in [0.2, 0.25) is 5.91 Å². The summed E-state index contributed by atoms with van der Waals surface area (Å²) in [5.74, 6) is -0.565. The molecule has 4 nitrogen and oxygen atoms in total. The van der Waals surface area contributed by atoms with Gasteiger partial charge in [0, 0.05) is 16.9 Å². The molecule has 1 atom stereocenters. The van der Waals surface area contributed by atoms with E-state index in [1.165, 1.54) is 0 Å². The largest absolute Gasteiger partial charge is 0.369 e. The first kappa shape index (κ1) is 13.4. The number of allylic oxidation sites excluding steroid dienone is 2. The second-order valence-electron chi connectivity index (χ2n) is 5.57. The summed E-state index contributed by atoms with van der Waals surface area (Å²) in [6, 6.07) is 7.63. The number of nitrogens with zero attached hydrogens (tertiary/aromatic N) is 1. The first-order valence-electron chi connectivity index (χ1n) is 7.15. The summed E-state index contributed by atoms with van der Waals surface area (Å²) in [6.07, 6.45) is 3.67. The fourth-order valence-electron chi connectivity index (χ4n) is 3.18. The van der Waals surface area contributed by atoms with E-state index in [1.807, 2.05) is 12.1 Å². The van der Waals surface area contributed by atoms with Gasteiger partial charge in [-0.1, -0.05) is 13.0 Å². The van der Waals surface area contributed by atoms with E-state index in [4.69, 9.17) is 11.0 Å². The number of nitriles is 1. The van der Waals surface area contributed by atoms with Crippen LogP contribution in [0.5, 0.6) is 0 Å². The average Bonchev–Trinajstić information content (AvgIpc) is 2.70. The SMILES string of the molecule is C=C1C2=C(Nc3ccc(C#N)cc31)C(C(N)=O)CCCC2. The molecule has 4 heteroatoms. The van der Waals surface area contributed by atoms with Crippen LogP contribution in [-0.4, -0.2) is 5.91 Å². The highest BCUT2D eigenvalue weighted by molar-refractivity contribution is 5.93. The topological polar surface area (TPSA) is 78.9 Å². The Morgan fingerprint density at radius 3 is 2.95 bits per heavy atom. The van der Waals surface area contributed by atoms with E-state index < -0.39 is 0 Å². The van der Waals surface area contributed by atoms with E-state index in [2.05, 4.69) is 18.0 Å². The Kier molecular flexibility index (Phi) is 3.26. The first-order valence-corrected chi connectivity index (χ1v) is 7.15. The first-order chi connectivity index (χ1) is 10.1. The van der Waals surface area contributed by atoms with Gasteiger partial charge in [0.1, 0.15) is 0 Å². The molecule has 0 fully saturated rings. The second-order valence-corrected chi connectivity index (χ2v) is 5.57. The minimum absolute atomic E-state index is 0.275.